The molecule has 3 rings (SSSR count). The zero-order valence-corrected chi connectivity index (χ0v) is 13.8. The summed E-state index contributed by atoms with van der Waals surface area (Å²) in [6, 6.07) is 8.25. The van der Waals surface area contributed by atoms with Crippen molar-refractivity contribution in [1.29, 1.82) is 0 Å². The van der Waals surface area contributed by atoms with Crippen LogP contribution in [0.3, 0.4) is 0 Å². The van der Waals surface area contributed by atoms with Crippen LogP contribution < -0.4 is 5.32 Å². The molecule has 1 N–H and O–H groups in total. The average Bonchev–Trinajstić information content (AvgIpc) is 2.68. The maximum absolute atomic E-state index is 3.74. The second-order valence-corrected chi connectivity index (χ2v) is 6.60. The fraction of sp³-hybridized carbons (Fsp3) is 0.600. The smallest absolute Gasteiger partial charge is 0.0234 e. The Balaban J connectivity index is 0.00000133. The molecular formula is C15H22BrClN2. The molecule has 106 valence electrons. The molecule has 19 heavy (non-hydrogen) atoms. The molecule has 2 nitrogen and oxygen atoms in total. The van der Waals surface area contributed by atoms with Gasteiger partial charge in [0.15, 0.2) is 0 Å². The second kappa shape index (κ2) is 6.57. The molecule has 0 aliphatic carbocycles. The Morgan fingerprint density at radius 3 is 2.84 bits per heavy atom. The van der Waals surface area contributed by atoms with Crippen molar-refractivity contribution in [2.45, 2.75) is 44.8 Å². The molecule has 1 aromatic rings. The van der Waals surface area contributed by atoms with Gasteiger partial charge in [0.05, 0.1) is 0 Å². The molecule has 2 unspecified atom stereocenters. The van der Waals surface area contributed by atoms with Crippen LogP contribution in [0.5, 0.6) is 0 Å². The Bertz CT molecular complexity index is 438. The molecule has 1 aromatic carbocycles. The van der Waals surface area contributed by atoms with Gasteiger partial charge in [-0.15, -0.1) is 12.4 Å². The monoisotopic (exact) mass is 344 g/mol. The summed E-state index contributed by atoms with van der Waals surface area (Å²) < 4.78 is 1.23. The standard InChI is InChI=1S/C15H21BrN2.ClH/c1-11-2-3-12(8-15(11)16)9-18-7-6-13-4-5-14(10-18)17-13;/h2-3,8,13-14,17H,4-7,9-10H2,1H3;1H. The first-order valence-corrected chi connectivity index (χ1v) is 7.73. The third kappa shape index (κ3) is 3.72. The molecule has 0 saturated carbocycles. The van der Waals surface area contributed by atoms with Gasteiger partial charge in [0, 0.05) is 36.2 Å². The quantitative estimate of drug-likeness (QED) is 0.882. The summed E-state index contributed by atoms with van der Waals surface area (Å²) in [5.41, 5.74) is 2.74. The van der Waals surface area contributed by atoms with Gasteiger partial charge >= 0.3 is 0 Å². The van der Waals surface area contributed by atoms with E-state index >= 15 is 0 Å². The van der Waals surface area contributed by atoms with E-state index in [1.54, 1.807) is 0 Å². The average molecular weight is 346 g/mol. The lowest BCUT2D eigenvalue weighted by molar-refractivity contribution is 0.251. The number of halogens is 2. The van der Waals surface area contributed by atoms with E-state index in [-0.39, 0.29) is 12.4 Å². The van der Waals surface area contributed by atoms with Gasteiger partial charge in [-0.3, -0.25) is 4.90 Å². The molecule has 0 aromatic heterocycles. The number of aryl methyl sites for hydroxylation is 1. The van der Waals surface area contributed by atoms with Crippen LogP contribution in [-0.4, -0.2) is 30.1 Å². The maximum Gasteiger partial charge on any atom is 0.0234 e. The second-order valence-electron chi connectivity index (χ2n) is 5.75. The highest BCUT2D eigenvalue weighted by atomic mass is 79.9. The fourth-order valence-corrected chi connectivity index (χ4v) is 3.58. The van der Waals surface area contributed by atoms with Crippen LogP contribution >= 0.6 is 28.3 Å². The van der Waals surface area contributed by atoms with Gasteiger partial charge in [-0.1, -0.05) is 28.1 Å². The van der Waals surface area contributed by atoms with E-state index in [4.69, 9.17) is 0 Å². The Morgan fingerprint density at radius 2 is 2.05 bits per heavy atom. The number of rotatable bonds is 2. The van der Waals surface area contributed by atoms with Crippen molar-refractivity contribution in [2.24, 2.45) is 0 Å². The highest BCUT2D eigenvalue weighted by molar-refractivity contribution is 9.10. The van der Waals surface area contributed by atoms with Crippen molar-refractivity contribution >= 4 is 28.3 Å². The summed E-state index contributed by atoms with van der Waals surface area (Å²) in [5, 5.41) is 3.74. The highest BCUT2D eigenvalue weighted by Crippen LogP contribution is 2.23. The maximum atomic E-state index is 3.74. The van der Waals surface area contributed by atoms with Crippen LogP contribution in [0.25, 0.3) is 0 Å². The first-order valence-electron chi connectivity index (χ1n) is 6.94. The van der Waals surface area contributed by atoms with Crippen molar-refractivity contribution < 1.29 is 0 Å². The lowest BCUT2D eigenvalue weighted by Gasteiger charge is -2.24. The molecule has 0 spiro atoms. The normalized spacial score (nSPS) is 26.8. The molecule has 0 radical (unpaired) electrons. The molecular weight excluding hydrogens is 324 g/mol. The third-order valence-electron chi connectivity index (χ3n) is 4.25. The van der Waals surface area contributed by atoms with E-state index in [9.17, 15) is 0 Å². The first-order chi connectivity index (χ1) is 8.70. The Hall–Kier alpha value is -0.0900. The van der Waals surface area contributed by atoms with E-state index in [0.29, 0.717) is 0 Å². The Kier molecular flexibility index (Phi) is 5.29. The van der Waals surface area contributed by atoms with Gasteiger partial charge in [-0.05, 0) is 43.4 Å². The number of benzene rings is 1. The SMILES string of the molecule is Cc1ccc(CN2CCC3CCC(C2)N3)cc1Br.Cl. The zero-order chi connectivity index (χ0) is 12.5. The highest BCUT2D eigenvalue weighted by Gasteiger charge is 2.28. The molecule has 2 saturated heterocycles. The molecule has 2 aliphatic heterocycles. The first kappa shape index (κ1) is 15.3. The zero-order valence-electron chi connectivity index (χ0n) is 11.4. The molecule has 2 aliphatic rings. The van der Waals surface area contributed by atoms with E-state index < -0.39 is 0 Å². The van der Waals surface area contributed by atoms with Crippen molar-refractivity contribution in [3.05, 3.63) is 33.8 Å². The van der Waals surface area contributed by atoms with Crippen LogP contribution in [0.4, 0.5) is 0 Å². The predicted molar refractivity (Wildman–Crippen MR) is 86.0 cm³/mol. The number of nitrogens with one attached hydrogen (secondary N) is 1. The molecule has 2 heterocycles. The molecule has 2 atom stereocenters. The third-order valence-corrected chi connectivity index (χ3v) is 5.10. The van der Waals surface area contributed by atoms with E-state index in [1.165, 1.54) is 48.0 Å². The van der Waals surface area contributed by atoms with Gasteiger partial charge < -0.3 is 5.32 Å². The summed E-state index contributed by atoms with van der Waals surface area (Å²) in [6.07, 6.45) is 4.05. The minimum absolute atomic E-state index is 0. The summed E-state index contributed by atoms with van der Waals surface area (Å²) >= 11 is 3.63. The molecule has 0 amide bonds. The summed E-state index contributed by atoms with van der Waals surface area (Å²) in [7, 11) is 0. The van der Waals surface area contributed by atoms with Crippen molar-refractivity contribution in [3.8, 4) is 0 Å². The number of hydrogen-bond acceptors (Lipinski definition) is 2. The van der Waals surface area contributed by atoms with Gasteiger partial charge in [0.25, 0.3) is 0 Å². The van der Waals surface area contributed by atoms with Crippen LogP contribution in [-0.2, 0) is 6.54 Å². The molecule has 2 bridgehead atoms. The topological polar surface area (TPSA) is 15.3 Å². The van der Waals surface area contributed by atoms with Gasteiger partial charge in [-0.2, -0.15) is 0 Å². The lowest BCUT2D eigenvalue weighted by atomic mass is 10.1. The summed E-state index contributed by atoms with van der Waals surface area (Å²) in [4.78, 5) is 2.61. The van der Waals surface area contributed by atoms with Crippen molar-refractivity contribution in [2.75, 3.05) is 13.1 Å². The fourth-order valence-electron chi connectivity index (χ4n) is 3.15. The number of hydrogen-bond donors (Lipinski definition) is 1. The number of nitrogens with zero attached hydrogens (tertiary/aromatic N) is 1. The van der Waals surface area contributed by atoms with Crippen LogP contribution in [0.1, 0.15) is 30.4 Å². The van der Waals surface area contributed by atoms with Gasteiger partial charge in [0.2, 0.25) is 0 Å². The van der Waals surface area contributed by atoms with Crippen LogP contribution in [0.2, 0.25) is 0 Å². The Labute approximate surface area is 130 Å². The largest absolute Gasteiger partial charge is 0.310 e. The number of likely N-dealkylation sites (tertiary alicyclic amines) is 1. The van der Waals surface area contributed by atoms with Crippen molar-refractivity contribution in [1.82, 2.24) is 10.2 Å². The molecule has 2 fully saturated rings. The van der Waals surface area contributed by atoms with E-state index in [0.717, 1.165) is 18.6 Å². The van der Waals surface area contributed by atoms with E-state index in [1.807, 2.05) is 0 Å². The van der Waals surface area contributed by atoms with Crippen LogP contribution in [0, 0.1) is 6.92 Å². The summed E-state index contributed by atoms with van der Waals surface area (Å²) in [5.74, 6) is 0. The number of fused-ring (bicyclic) bond motifs is 2. The Morgan fingerprint density at radius 1 is 1.26 bits per heavy atom. The van der Waals surface area contributed by atoms with E-state index in [2.05, 4.69) is 51.3 Å². The predicted octanol–water partition coefficient (Wildman–Crippen LogP) is 3.51. The van der Waals surface area contributed by atoms with Crippen LogP contribution in [0.15, 0.2) is 22.7 Å². The van der Waals surface area contributed by atoms with Crippen molar-refractivity contribution in [3.63, 3.8) is 0 Å². The van der Waals surface area contributed by atoms with Gasteiger partial charge in [0.1, 0.15) is 0 Å². The van der Waals surface area contributed by atoms with Gasteiger partial charge in [-0.25, -0.2) is 0 Å². The summed E-state index contributed by atoms with van der Waals surface area (Å²) in [6.45, 7) is 5.67. The lowest BCUT2D eigenvalue weighted by Crippen LogP contribution is -2.34. The minimum atomic E-state index is 0. The minimum Gasteiger partial charge on any atom is -0.310 e. The molecule has 4 heteroatoms.